The van der Waals surface area contributed by atoms with E-state index >= 15 is 0 Å². The fourth-order valence-electron chi connectivity index (χ4n) is 3.46. The highest BCUT2D eigenvalue weighted by Gasteiger charge is 2.40. The van der Waals surface area contributed by atoms with Gasteiger partial charge in [0.05, 0.1) is 12.2 Å². The van der Waals surface area contributed by atoms with Crippen molar-refractivity contribution < 1.29 is 24.5 Å². The number of esters is 1. The van der Waals surface area contributed by atoms with Crippen molar-refractivity contribution in [1.82, 2.24) is 4.98 Å². The van der Waals surface area contributed by atoms with Crippen LogP contribution >= 0.6 is 0 Å². The van der Waals surface area contributed by atoms with Crippen molar-refractivity contribution in [1.29, 1.82) is 0 Å². The van der Waals surface area contributed by atoms with Crippen LogP contribution in [0.5, 0.6) is 5.75 Å². The molecule has 3 N–H and O–H groups in total. The summed E-state index contributed by atoms with van der Waals surface area (Å²) in [4.78, 5) is 28.1. The van der Waals surface area contributed by atoms with E-state index in [0.717, 1.165) is 0 Å². The number of nitrogens with one attached hydrogen (secondary N) is 1. The monoisotopic (exact) mass is 367 g/mol. The van der Waals surface area contributed by atoms with Crippen molar-refractivity contribution in [2.24, 2.45) is 0 Å². The number of aliphatic carboxylic acids is 1. The third-order valence-electron chi connectivity index (χ3n) is 4.88. The number of H-pyrrole nitrogens is 1. The molecule has 0 radical (unpaired) electrons. The lowest BCUT2D eigenvalue weighted by Gasteiger charge is -2.27. The number of carbonyl (C=O) groups is 2. The molecule has 1 aromatic heterocycles. The number of carboxylic acid groups (broad SMARTS) is 1. The number of aryl methyl sites for hydroxylation is 1. The van der Waals surface area contributed by atoms with Gasteiger partial charge in [-0.05, 0) is 50.1 Å². The van der Waals surface area contributed by atoms with Crippen LogP contribution in [0.15, 0.2) is 42.5 Å². The molecule has 0 aliphatic heterocycles. The highest BCUT2D eigenvalue weighted by Crippen LogP contribution is 2.40. The fourth-order valence-corrected chi connectivity index (χ4v) is 3.46. The van der Waals surface area contributed by atoms with Gasteiger partial charge >= 0.3 is 11.9 Å². The number of phenols is 1. The molecule has 0 spiro atoms. The molecule has 0 aliphatic rings. The minimum Gasteiger partial charge on any atom is -0.508 e. The summed E-state index contributed by atoms with van der Waals surface area (Å²) in [6, 6.07) is 11.4. The van der Waals surface area contributed by atoms with E-state index in [1.165, 1.54) is 12.1 Å². The van der Waals surface area contributed by atoms with Crippen LogP contribution in [-0.2, 0) is 14.9 Å². The van der Waals surface area contributed by atoms with Crippen LogP contribution in [0.25, 0.3) is 10.9 Å². The molecule has 0 bridgehead atoms. The van der Waals surface area contributed by atoms with Gasteiger partial charge in [0.1, 0.15) is 11.2 Å². The molecular formula is C21H21NO5. The van der Waals surface area contributed by atoms with Gasteiger partial charge in [-0.25, -0.2) is 4.79 Å². The van der Waals surface area contributed by atoms with Crippen molar-refractivity contribution >= 4 is 22.8 Å². The number of rotatable bonds is 5. The third-order valence-corrected chi connectivity index (χ3v) is 4.88. The molecule has 3 aromatic rings. The smallest absolute Gasteiger partial charge is 0.340 e. The summed E-state index contributed by atoms with van der Waals surface area (Å²) >= 11 is 0. The average Bonchev–Trinajstić information content (AvgIpc) is 2.96. The van der Waals surface area contributed by atoms with E-state index in [9.17, 15) is 19.8 Å². The first-order valence-electron chi connectivity index (χ1n) is 8.62. The normalized spacial score (nSPS) is 13.3. The number of phenolic OH excluding ortho intramolecular Hbond substituents is 1. The van der Waals surface area contributed by atoms with Crippen LogP contribution in [-0.4, -0.2) is 33.7 Å². The highest BCUT2D eigenvalue weighted by atomic mass is 16.5. The number of aromatic hydroxyl groups is 1. The van der Waals surface area contributed by atoms with Gasteiger partial charge in [0.15, 0.2) is 0 Å². The number of benzene rings is 2. The van der Waals surface area contributed by atoms with Crippen LogP contribution in [0.1, 0.15) is 41.0 Å². The van der Waals surface area contributed by atoms with Gasteiger partial charge in [0, 0.05) is 16.6 Å². The summed E-state index contributed by atoms with van der Waals surface area (Å²) in [5.41, 5.74) is 0.977. The molecule has 6 heteroatoms. The molecular weight excluding hydrogens is 346 g/mol. The van der Waals surface area contributed by atoms with E-state index in [4.69, 9.17) is 4.74 Å². The Bertz CT molecular complexity index is 1040. The number of carboxylic acids is 1. The Morgan fingerprint density at radius 2 is 1.89 bits per heavy atom. The number of hydrogen-bond acceptors (Lipinski definition) is 4. The second-order valence-electron chi connectivity index (χ2n) is 6.55. The first kappa shape index (κ1) is 18.5. The van der Waals surface area contributed by atoms with Crippen molar-refractivity contribution in [3.05, 3.63) is 64.8 Å². The van der Waals surface area contributed by atoms with Crippen LogP contribution in [0.3, 0.4) is 0 Å². The third kappa shape index (κ3) is 2.93. The van der Waals surface area contributed by atoms with Crippen LogP contribution in [0, 0.1) is 6.92 Å². The van der Waals surface area contributed by atoms with E-state index in [1.807, 2.05) is 0 Å². The molecule has 0 amide bonds. The molecule has 2 aromatic carbocycles. The second kappa shape index (κ2) is 6.79. The molecule has 27 heavy (non-hydrogen) atoms. The standard InChI is InChI=1S/C21H21NO5/c1-4-27-19(24)17-12(2)22-16-10-6-9-15(18(16)17)21(3,20(25)26)13-7-5-8-14(23)11-13/h5-11,22-23H,4H2,1-3H3,(H,25,26). The van der Waals surface area contributed by atoms with Gasteiger partial charge in [0.2, 0.25) is 0 Å². The van der Waals surface area contributed by atoms with Gasteiger partial charge in [-0.15, -0.1) is 0 Å². The lowest BCUT2D eigenvalue weighted by Crippen LogP contribution is -2.34. The molecule has 3 rings (SSSR count). The van der Waals surface area contributed by atoms with Crippen LogP contribution < -0.4 is 0 Å². The number of fused-ring (bicyclic) bond motifs is 1. The Kier molecular flexibility index (Phi) is 4.66. The number of aromatic nitrogens is 1. The zero-order valence-corrected chi connectivity index (χ0v) is 15.4. The average molecular weight is 367 g/mol. The quantitative estimate of drug-likeness (QED) is 0.597. The van der Waals surface area contributed by atoms with Crippen molar-refractivity contribution in [2.45, 2.75) is 26.2 Å². The highest BCUT2D eigenvalue weighted by molar-refractivity contribution is 6.09. The maximum absolute atomic E-state index is 12.6. The Morgan fingerprint density at radius 3 is 2.52 bits per heavy atom. The molecule has 0 fully saturated rings. The number of ether oxygens (including phenoxy) is 1. The van der Waals surface area contributed by atoms with Crippen molar-refractivity contribution in [3.8, 4) is 5.75 Å². The number of hydrogen-bond donors (Lipinski definition) is 3. The second-order valence-corrected chi connectivity index (χ2v) is 6.55. The molecule has 0 saturated heterocycles. The first-order valence-corrected chi connectivity index (χ1v) is 8.62. The zero-order valence-electron chi connectivity index (χ0n) is 15.4. The predicted octanol–water partition coefficient (Wildman–Crippen LogP) is 3.75. The zero-order chi connectivity index (χ0) is 19.8. The summed E-state index contributed by atoms with van der Waals surface area (Å²) < 4.78 is 5.18. The van der Waals surface area contributed by atoms with Crippen LogP contribution in [0.2, 0.25) is 0 Å². The number of carbonyl (C=O) groups excluding carboxylic acids is 1. The SMILES string of the molecule is CCOC(=O)c1c(C)[nH]c2cccc(C(C)(C(=O)O)c3cccc(O)c3)c12. The van der Waals surface area contributed by atoms with E-state index in [-0.39, 0.29) is 12.4 Å². The van der Waals surface area contributed by atoms with Gasteiger partial charge < -0.3 is 19.9 Å². The molecule has 0 saturated carbocycles. The molecule has 140 valence electrons. The maximum Gasteiger partial charge on any atom is 0.340 e. The minimum atomic E-state index is -1.48. The Morgan fingerprint density at radius 1 is 1.19 bits per heavy atom. The summed E-state index contributed by atoms with van der Waals surface area (Å²) in [7, 11) is 0. The van der Waals surface area contributed by atoms with Crippen molar-refractivity contribution in [2.75, 3.05) is 6.61 Å². The Balaban J connectivity index is 2.37. The van der Waals surface area contributed by atoms with Gasteiger partial charge in [0.25, 0.3) is 0 Å². The largest absolute Gasteiger partial charge is 0.508 e. The maximum atomic E-state index is 12.6. The summed E-state index contributed by atoms with van der Waals surface area (Å²) in [6.07, 6.45) is 0. The Hall–Kier alpha value is -3.28. The molecule has 1 atom stereocenters. The minimum absolute atomic E-state index is 0.0250. The summed E-state index contributed by atoms with van der Waals surface area (Å²) in [5, 5.41) is 20.5. The lowest BCUT2D eigenvalue weighted by molar-refractivity contribution is -0.141. The number of aromatic amines is 1. The van der Waals surface area contributed by atoms with Gasteiger partial charge in [-0.3, -0.25) is 4.79 Å². The van der Waals surface area contributed by atoms with E-state index in [2.05, 4.69) is 4.98 Å². The van der Waals surface area contributed by atoms with E-state index in [1.54, 1.807) is 51.1 Å². The van der Waals surface area contributed by atoms with E-state index < -0.39 is 17.4 Å². The van der Waals surface area contributed by atoms with Gasteiger partial charge in [-0.2, -0.15) is 0 Å². The fraction of sp³-hybridized carbons (Fsp3) is 0.238. The summed E-state index contributed by atoms with van der Waals surface area (Å²) in [5.74, 6) is -1.62. The molecule has 0 aliphatic carbocycles. The summed E-state index contributed by atoms with van der Waals surface area (Å²) in [6.45, 7) is 5.26. The predicted molar refractivity (Wildman–Crippen MR) is 101 cm³/mol. The first-order chi connectivity index (χ1) is 12.8. The topological polar surface area (TPSA) is 99.6 Å². The lowest BCUT2D eigenvalue weighted by atomic mass is 9.74. The van der Waals surface area contributed by atoms with Gasteiger partial charge in [-0.1, -0.05) is 24.3 Å². The van der Waals surface area contributed by atoms with E-state index in [0.29, 0.717) is 33.3 Å². The Labute approximate surface area is 156 Å². The molecule has 1 heterocycles. The molecule has 6 nitrogen and oxygen atoms in total. The van der Waals surface area contributed by atoms with Crippen LogP contribution in [0.4, 0.5) is 0 Å². The van der Waals surface area contributed by atoms with Crippen molar-refractivity contribution in [3.63, 3.8) is 0 Å². The molecule has 1 unspecified atom stereocenters.